The van der Waals surface area contributed by atoms with Crippen molar-refractivity contribution in [3.05, 3.63) is 82.9 Å². The number of fused-ring (bicyclic) bond motifs is 5. The number of aliphatic hydroxyl groups excluding tert-OH is 2. The van der Waals surface area contributed by atoms with Crippen LogP contribution in [0.1, 0.15) is 105 Å². The standard InChI is InChI=1S/C51H68N2O15S2/c1-10-52-21-23-69-70-24-22-63-37(56)25-33(39(31-17-13-11-14-18-31)53-46(61)68-47(4,5)6)45(60)65-34-27-51(62)43(66-44(59)32-19-15-12-16-20-32)41-49(9,42(58)40(57)38(29(34)2)48(51,7)8)35(55)26-36-50(41,28-64-36)67-30(3)54/h11-20,33-36,39-41,43,52,55,57,62H,10,21-28H2,1-9H3,(H,53,61)/t33?,34?,35-,36?,39?,40?,41+,43+,49-,50?,51?/m0/s1/i1T. The Morgan fingerprint density at radius 1 is 0.971 bits per heavy atom. The number of hydrogen-bond acceptors (Lipinski definition) is 18. The predicted octanol–water partition coefficient (Wildman–Crippen LogP) is 5.44. The van der Waals surface area contributed by atoms with Crippen molar-refractivity contribution in [1.82, 2.24) is 10.6 Å². The highest BCUT2D eigenvalue weighted by atomic mass is 33.1. The first kappa shape index (κ1) is 53.3. The minimum atomic E-state index is -2.40. The highest BCUT2D eigenvalue weighted by Crippen LogP contribution is 2.64. The van der Waals surface area contributed by atoms with Gasteiger partial charge in [-0.1, -0.05) is 90.9 Å². The van der Waals surface area contributed by atoms with E-state index in [2.05, 4.69) is 10.6 Å². The molecule has 1 heterocycles. The fourth-order valence-electron chi connectivity index (χ4n) is 10.6. The fourth-order valence-corrected chi connectivity index (χ4v) is 12.4. The van der Waals surface area contributed by atoms with E-state index in [4.69, 9.17) is 29.8 Å². The number of ether oxygens (including phenoxy) is 6. The number of alkyl carbamates (subject to hydrolysis) is 1. The first-order chi connectivity index (χ1) is 33.4. The van der Waals surface area contributed by atoms with Gasteiger partial charge in [-0.2, -0.15) is 0 Å². The van der Waals surface area contributed by atoms with Gasteiger partial charge in [0, 0.05) is 44.6 Å². The van der Waals surface area contributed by atoms with E-state index in [0.29, 0.717) is 24.4 Å². The predicted molar refractivity (Wildman–Crippen MR) is 260 cm³/mol. The quantitative estimate of drug-likeness (QED) is 0.0411. The third-order valence-electron chi connectivity index (χ3n) is 14.2. The number of benzene rings is 2. The van der Waals surface area contributed by atoms with Crippen molar-refractivity contribution in [2.45, 2.75) is 135 Å². The number of nitrogens with one attached hydrogen (secondary N) is 2. The van der Waals surface area contributed by atoms with E-state index >= 15 is 9.59 Å². The molecule has 5 N–H and O–H groups in total. The lowest BCUT2D eigenvalue weighted by molar-refractivity contribution is -0.346. The summed E-state index contributed by atoms with van der Waals surface area (Å²) in [6, 6.07) is 15.0. The molecule has 11 atom stereocenters. The van der Waals surface area contributed by atoms with Crippen LogP contribution in [-0.4, -0.2) is 136 Å². The van der Waals surface area contributed by atoms with Crippen molar-refractivity contribution in [2.24, 2.45) is 22.7 Å². The molecule has 4 aliphatic rings. The molecule has 3 fully saturated rings. The lowest BCUT2D eigenvalue weighted by Gasteiger charge is -2.67. The van der Waals surface area contributed by atoms with Crippen LogP contribution in [0.3, 0.4) is 0 Å². The zero-order chi connectivity index (χ0) is 52.1. The van der Waals surface area contributed by atoms with E-state index in [1.807, 2.05) is 0 Å². The largest absolute Gasteiger partial charge is 0.465 e. The minimum absolute atomic E-state index is 0.00557. The van der Waals surface area contributed by atoms with Gasteiger partial charge in [-0.15, -0.1) is 0 Å². The molecule has 1 amide bonds. The topological polar surface area (TPSA) is 243 Å². The summed E-state index contributed by atoms with van der Waals surface area (Å²) < 4.78 is 43.3. The first-order valence-corrected chi connectivity index (χ1v) is 26.0. The maximum atomic E-state index is 15.2. The van der Waals surface area contributed by atoms with E-state index in [9.17, 15) is 34.5 Å². The van der Waals surface area contributed by atoms with Crippen LogP contribution in [0.5, 0.6) is 0 Å². The van der Waals surface area contributed by atoms with Crippen molar-refractivity contribution < 1.29 is 73.9 Å². The summed E-state index contributed by atoms with van der Waals surface area (Å²) in [5.41, 5.74) is -8.28. The lowest BCUT2D eigenvalue weighted by atomic mass is 9.44. The summed E-state index contributed by atoms with van der Waals surface area (Å²) in [7, 11) is 3.05. The van der Waals surface area contributed by atoms with Crippen LogP contribution in [0, 0.1) is 22.7 Å². The van der Waals surface area contributed by atoms with Gasteiger partial charge in [0.15, 0.2) is 11.4 Å². The van der Waals surface area contributed by atoms with Crippen LogP contribution in [0.2, 0.25) is 0 Å². The summed E-state index contributed by atoms with van der Waals surface area (Å²) in [6.07, 6.45) is -10.2. The molecule has 0 radical (unpaired) electrons. The molecule has 1 saturated heterocycles. The second-order valence-corrected chi connectivity index (χ2v) is 22.8. The molecule has 384 valence electrons. The Balaban J connectivity index is 1.43. The van der Waals surface area contributed by atoms with Crippen LogP contribution in [0.15, 0.2) is 71.8 Å². The Morgan fingerprint density at radius 3 is 2.24 bits per heavy atom. The molecule has 2 aromatic rings. The SMILES string of the molecule is [3H]CCNCCSSCCOC(=O)CC(C(=O)OC1CC2(O)[C@H](OC(=O)c3ccccc3)[C@H]3C4(OC(C)=O)COC4C[C@H](O)[C@]3(C)C(=O)C(O)C(=C1C)C2(C)C)C(NC(=O)OC(C)(C)C)c1ccccc1. The molecule has 1 aliphatic heterocycles. The number of amides is 1. The number of carbonyl (C=O) groups excluding carboxylic acids is 6. The number of carbonyl (C=O) groups is 6. The highest BCUT2D eigenvalue weighted by Gasteiger charge is 2.78. The van der Waals surface area contributed by atoms with Crippen molar-refractivity contribution >= 4 is 57.3 Å². The third-order valence-corrected chi connectivity index (χ3v) is 16.5. The summed E-state index contributed by atoms with van der Waals surface area (Å²) in [5, 5.41) is 44.1. The number of Topliss-reactive ketones (excluding diaryl/α,β-unsaturated/α-hetero) is 1. The van der Waals surface area contributed by atoms with E-state index in [-0.39, 0.29) is 43.2 Å². The van der Waals surface area contributed by atoms with E-state index in [1.165, 1.54) is 36.8 Å². The highest BCUT2D eigenvalue weighted by molar-refractivity contribution is 8.76. The Kier molecular flexibility index (Phi) is 16.8. The van der Waals surface area contributed by atoms with Crippen LogP contribution < -0.4 is 10.6 Å². The Hall–Kier alpha value is -4.50. The zero-order valence-electron chi connectivity index (χ0n) is 42.0. The van der Waals surface area contributed by atoms with Crippen molar-refractivity contribution in [2.75, 3.05) is 37.8 Å². The maximum absolute atomic E-state index is 15.2. The van der Waals surface area contributed by atoms with Gasteiger partial charge in [-0.3, -0.25) is 19.2 Å². The molecule has 17 nitrogen and oxygen atoms in total. The van der Waals surface area contributed by atoms with Crippen molar-refractivity contribution in [3.63, 3.8) is 0 Å². The number of esters is 4. The number of hydrogen-bond donors (Lipinski definition) is 5. The van der Waals surface area contributed by atoms with E-state index < -0.39 is 125 Å². The number of rotatable bonds is 18. The molecular formula is C51H68N2O15S2. The third kappa shape index (κ3) is 11.1. The molecular weight excluding hydrogens is 945 g/mol. The van der Waals surface area contributed by atoms with Gasteiger partial charge in [0.1, 0.15) is 42.2 Å². The molecule has 19 heteroatoms. The normalized spacial score (nSPS) is 30.0. The Morgan fingerprint density at radius 2 is 1.63 bits per heavy atom. The van der Waals surface area contributed by atoms with Crippen LogP contribution in [-0.2, 0) is 47.6 Å². The lowest BCUT2D eigenvalue weighted by Crippen LogP contribution is -2.81. The summed E-state index contributed by atoms with van der Waals surface area (Å²) in [6.45, 7) is 13.4. The van der Waals surface area contributed by atoms with Gasteiger partial charge in [0.25, 0.3) is 0 Å². The first-order valence-electron chi connectivity index (χ1n) is 24.2. The van der Waals surface area contributed by atoms with Gasteiger partial charge < -0.3 is 54.4 Å². The van der Waals surface area contributed by atoms with Gasteiger partial charge in [0.2, 0.25) is 0 Å². The number of ketones is 1. The second kappa shape index (κ2) is 22.1. The molecule has 0 spiro atoms. The zero-order valence-corrected chi connectivity index (χ0v) is 42.7. The fraction of sp³-hybridized carbons (Fsp3) is 0.608. The Bertz CT molecular complexity index is 2300. The average Bonchev–Trinajstić information content (AvgIpc) is 3.30. The molecule has 6 rings (SSSR count). The maximum Gasteiger partial charge on any atom is 0.408 e. The van der Waals surface area contributed by atoms with Crippen molar-refractivity contribution in [3.8, 4) is 0 Å². The number of aliphatic hydroxyl groups is 3. The summed E-state index contributed by atoms with van der Waals surface area (Å²) in [4.78, 5) is 85.2. The van der Waals surface area contributed by atoms with Gasteiger partial charge in [-0.05, 0) is 70.0 Å². The average molecular weight is 1020 g/mol. The second-order valence-electron chi connectivity index (χ2n) is 20.1. The molecule has 70 heavy (non-hydrogen) atoms. The smallest absolute Gasteiger partial charge is 0.408 e. The summed E-state index contributed by atoms with van der Waals surface area (Å²) >= 11 is 0. The monoisotopic (exact) mass is 1010 g/mol. The molecule has 2 aromatic carbocycles. The molecule has 2 bridgehead atoms. The van der Waals surface area contributed by atoms with E-state index in [1.54, 1.807) is 93.9 Å². The van der Waals surface area contributed by atoms with Crippen LogP contribution in [0.25, 0.3) is 0 Å². The van der Waals surface area contributed by atoms with Gasteiger partial charge in [-0.25, -0.2) is 9.59 Å². The van der Waals surface area contributed by atoms with Gasteiger partial charge in [0.05, 0.1) is 48.0 Å². The summed E-state index contributed by atoms with van der Waals surface area (Å²) in [5.74, 6) is -6.35. The molecule has 7 unspecified atom stereocenters. The van der Waals surface area contributed by atoms with E-state index in [0.717, 1.165) is 12.7 Å². The minimum Gasteiger partial charge on any atom is -0.465 e. The van der Waals surface area contributed by atoms with Crippen molar-refractivity contribution in [1.29, 1.82) is 0 Å². The molecule has 3 aliphatic carbocycles. The molecule has 0 aromatic heterocycles. The van der Waals surface area contributed by atoms with Crippen LogP contribution in [0.4, 0.5) is 4.79 Å². The Labute approximate surface area is 418 Å². The van der Waals surface area contributed by atoms with Crippen LogP contribution >= 0.6 is 21.6 Å². The van der Waals surface area contributed by atoms with Gasteiger partial charge >= 0.3 is 30.0 Å². The molecule has 2 saturated carbocycles.